The van der Waals surface area contributed by atoms with E-state index in [0.717, 1.165) is 12.1 Å². The molecule has 2 rings (SSSR count). The Kier molecular flexibility index (Phi) is 6.65. The molecule has 0 aliphatic carbocycles. The molecule has 1 aliphatic rings. The van der Waals surface area contributed by atoms with Crippen molar-refractivity contribution in [3.05, 3.63) is 35.4 Å². The molecule has 1 aromatic rings. The molecule has 1 aromatic carbocycles. The lowest BCUT2D eigenvalue weighted by atomic mass is 9.95. The number of aliphatic carboxylic acids is 1. The second kappa shape index (κ2) is 8.73. The van der Waals surface area contributed by atoms with Gasteiger partial charge in [0.25, 0.3) is 5.91 Å². The van der Waals surface area contributed by atoms with Crippen molar-refractivity contribution in [3.8, 4) is 0 Å². The summed E-state index contributed by atoms with van der Waals surface area (Å²) >= 11 is 0. The van der Waals surface area contributed by atoms with Crippen molar-refractivity contribution in [3.63, 3.8) is 0 Å². The van der Waals surface area contributed by atoms with Gasteiger partial charge in [-0.15, -0.1) is 0 Å². The van der Waals surface area contributed by atoms with Crippen LogP contribution in [0.1, 0.15) is 36.5 Å². The molecule has 0 saturated carbocycles. The van der Waals surface area contributed by atoms with Gasteiger partial charge in [-0.2, -0.15) is 0 Å². The van der Waals surface area contributed by atoms with Gasteiger partial charge >= 0.3 is 5.97 Å². The van der Waals surface area contributed by atoms with Crippen molar-refractivity contribution < 1.29 is 28.3 Å². The zero-order valence-corrected chi connectivity index (χ0v) is 14.5. The van der Waals surface area contributed by atoms with E-state index in [1.165, 1.54) is 4.90 Å². The first-order valence-corrected chi connectivity index (χ1v) is 8.51. The van der Waals surface area contributed by atoms with E-state index in [4.69, 9.17) is 5.11 Å². The first kappa shape index (κ1) is 19.8. The number of nitrogens with one attached hydrogen (secondary N) is 1. The molecule has 0 radical (unpaired) electrons. The van der Waals surface area contributed by atoms with Crippen molar-refractivity contribution in [1.29, 1.82) is 0 Å². The van der Waals surface area contributed by atoms with Gasteiger partial charge in [0.1, 0.15) is 11.6 Å². The molecule has 1 fully saturated rings. The molecule has 0 aromatic heterocycles. The van der Waals surface area contributed by atoms with E-state index in [1.54, 1.807) is 6.92 Å². The minimum Gasteiger partial charge on any atom is -0.481 e. The van der Waals surface area contributed by atoms with E-state index < -0.39 is 23.5 Å². The minimum atomic E-state index is -0.911. The number of amides is 2. The Balaban J connectivity index is 1.83. The number of rotatable bonds is 6. The molecule has 2 N–H and O–H groups in total. The predicted octanol–water partition coefficient (Wildman–Crippen LogP) is 2.04. The number of hydrogen-bond acceptors (Lipinski definition) is 3. The number of carbonyl (C=O) groups excluding carboxylic acids is 2. The van der Waals surface area contributed by atoms with Gasteiger partial charge in [-0.3, -0.25) is 14.4 Å². The average Bonchev–Trinajstić information content (AvgIpc) is 2.58. The molecular formula is C18H22F2N2O4. The molecule has 1 unspecified atom stereocenters. The molecular weight excluding hydrogens is 346 g/mol. The van der Waals surface area contributed by atoms with Gasteiger partial charge < -0.3 is 15.3 Å². The van der Waals surface area contributed by atoms with Crippen LogP contribution >= 0.6 is 0 Å². The van der Waals surface area contributed by atoms with Crippen molar-refractivity contribution in [1.82, 2.24) is 10.2 Å². The van der Waals surface area contributed by atoms with Crippen LogP contribution in [-0.4, -0.2) is 47.4 Å². The second-order valence-electron chi connectivity index (χ2n) is 6.64. The number of likely N-dealkylation sites (tertiary alicyclic amines) is 1. The van der Waals surface area contributed by atoms with Crippen LogP contribution < -0.4 is 5.32 Å². The molecule has 1 saturated heterocycles. The van der Waals surface area contributed by atoms with Gasteiger partial charge in [-0.05, 0) is 30.9 Å². The van der Waals surface area contributed by atoms with Crippen molar-refractivity contribution in [2.24, 2.45) is 11.8 Å². The summed E-state index contributed by atoms with van der Waals surface area (Å²) in [6.07, 6.45) is 0.859. The van der Waals surface area contributed by atoms with E-state index in [0.29, 0.717) is 32.0 Å². The van der Waals surface area contributed by atoms with Gasteiger partial charge in [0.05, 0.1) is 5.56 Å². The SMILES string of the molecule is CC(CNC(=O)C1CCN(C(=O)c2ccc(F)cc2F)CC1)CC(=O)O. The quantitative estimate of drug-likeness (QED) is 0.805. The van der Waals surface area contributed by atoms with Crippen LogP contribution in [0.4, 0.5) is 8.78 Å². The number of hydrogen-bond donors (Lipinski definition) is 2. The summed E-state index contributed by atoms with van der Waals surface area (Å²) in [5, 5.41) is 11.5. The number of carbonyl (C=O) groups is 3. The van der Waals surface area contributed by atoms with E-state index >= 15 is 0 Å². The fraction of sp³-hybridized carbons (Fsp3) is 0.500. The van der Waals surface area contributed by atoms with Crippen LogP contribution in [0.15, 0.2) is 18.2 Å². The van der Waals surface area contributed by atoms with Crippen LogP contribution in [0.5, 0.6) is 0 Å². The Labute approximate surface area is 150 Å². The van der Waals surface area contributed by atoms with Gasteiger partial charge in [-0.25, -0.2) is 8.78 Å². The van der Waals surface area contributed by atoms with Gasteiger partial charge in [0, 0.05) is 38.0 Å². The fourth-order valence-electron chi connectivity index (χ4n) is 2.97. The van der Waals surface area contributed by atoms with Crippen LogP contribution in [0.2, 0.25) is 0 Å². The molecule has 1 aliphatic heterocycles. The molecule has 0 spiro atoms. The fourth-order valence-corrected chi connectivity index (χ4v) is 2.97. The number of piperidine rings is 1. The summed E-state index contributed by atoms with van der Waals surface area (Å²) in [6, 6.07) is 2.83. The van der Waals surface area contributed by atoms with Crippen LogP contribution in [0.3, 0.4) is 0 Å². The third kappa shape index (κ3) is 5.24. The summed E-state index contributed by atoms with van der Waals surface area (Å²) in [4.78, 5) is 36.6. The van der Waals surface area contributed by atoms with E-state index in [2.05, 4.69) is 5.32 Å². The predicted molar refractivity (Wildman–Crippen MR) is 89.4 cm³/mol. The van der Waals surface area contributed by atoms with Crippen LogP contribution in [0, 0.1) is 23.5 Å². The Morgan fingerprint density at radius 3 is 2.50 bits per heavy atom. The Bertz CT molecular complexity index is 688. The summed E-state index contributed by atoms with van der Waals surface area (Å²) in [5.41, 5.74) is -0.184. The molecule has 26 heavy (non-hydrogen) atoms. The van der Waals surface area contributed by atoms with Crippen LogP contribution in [0.25, 0.3) is 0 Å². The largest absolute Gasteiger partial charge is 0.481 e. The normalized spacial score (nSPS) is 16.2. The molecule has 1 atom stereocenters. The number of carboxylic acid groups (broad SMARTS) is 1. The monoisotopic (exact) mass is 368 g/mol. The first-order chi connectivity index (χ1) is 12.3. The zero-order valence-electron chi connectivity index (χ0n) is 14.5. The van der Waals surface area contributed by atoms with Crippen molar-refractivity contribution in [2.75, 3.05) is 19.6 Å². The highest BCUT2D eigenvalue weighted by atomic mass is 19.1. The van der Waals surface area contributed by atoms with Crippen molar-refractivity contribution in [2.45, 2.75) is 26.2 Å². The Hall–Kier alpha value is -2.51. The van der Waals surface area contributed by atoms with E-state index in [1.807, 2.05) is 0 Å². The third-order valence-electron chi connectivity index (χ3n) is 4.46. The summed E-state index contributed by atoms with van der Waals surface area (Å²) in [6.45, 7) is 2.63. The lowest BCUT2D eigenvalue weighted by molar-refractivity contribution is -0.138. The minimum absolute atomic E-state index is 0.0174. The van der Waals surface area contributed by atoms with Gasteiger partial charge in [-0.1, -0.05) is 6.92 Å². The summed E-state index contributed by atoms with van der Waals surface area (Å²) in [5.74, 6) is -3.67. The lowest BCUT2D eigenvalue weighted by Gasteiger charge is -2.31. The molecule has 6 nitrogen and oxygen atoms in total. The first-order valence-electron chi connectivity index (χ1n) is 8.51. The van der Waals surface area contributed by atoms with Gasteiger partial charge in [0.15, 0.2) is 0 Å². The van der Waals surface area contributed by atoms with E-state index in [9.17, 15) is 23.2 Å². The smallest absolute Gasteiger partial charge is 0.303 e. The maximum atomic E-state index is 13.7. The molecule has 1 heterocycles. The number of carboxylic acids is 1. The lowest BCUT2D eigenvalue weighted by Crippen LogP contribution is -2.44. The number of nitrogens with zero attached hydrogens (tertiary/aromatic N) is 1. The maximum absolute atomic E-state index is 13.7. The third-order valence-corrected chi connectivity index (χ3v) is 4.46. The summed E-state index contributed by atoms with van der Waals surface area (Å²) < 4.78 is 26.7. The molecule has 142 valence electrons. The molecule has 2 amide bonds. The second-order valence-corrected chi connectivity index (χ2v) is 6.64. The highest BCUT2D eigenvalue weighted by molar-refractivity contribution is 5.94. The topological polar surface area (TPSA) is 86.7 Å². The molecule has 0 bridgehead atoms. The van der Waals surface area contributed by atoms with E-state index in [-0.39, 0.29) is 36.3 Å². The Morgan fingerprint density at radius 2 is 1.92 bits per heavy atom. The highest BCUT2D eigenvalue weighted by Crippen LogP contribution is 2.21. The standard InChI is InChI=1S/C18H22F2N2O4/c1-11(8-16(23)24)10-21-17(25)12-4-6-22(7-5-12)18(26)14-3-2-13(19)9-15(14)20/h2-3,9,11-12H,4-8,10H2,1H3,(H,21,25)(H,23,24). The van der Waals surface area contributed by atoms with Crippen LogP contribution in [-0.2, 0) is 9.59 Å². The Morgan fingerprint density at radius 1 is 1.27 bits per heavy atom. The highest BCUT2D eigenvalue weighted by Gasteiger charge is 2.29. The average molecular weight is 368 g/mol. The van der Waals surface area contributed by atoms with Gasteiger partial charge in [0.2, 0.25) is 5.91 Å². The summed E-state index contributed by atoms with van der Waals surface area (Å²) in [7, 11) is 0. The number of halogens is 2. The maximum Gasteiger partial charge on any atom is 0.303 e. The zero-order chi connectivity index (χ0) is 19.3. The number of benzene rings is 1. The molecule has 8 heteroatoms. The van der Waals surface area contributed by atoms with Crippen molar-refractivity contribution >= 4 is 17.8 Å².